The van der Waals surface area contributed by atoms with Crippen LogP contribution in [-0.2, 0) is 0 Å². The number of carbonyl (C=O) groups is 2. The molecule has 0 atom stereocenters. The van der Waals surface area contributed by atoms with Gasteiger partial charge in [0.05, 0.1) is 6.33 Å². The van der Waals surface area contributed by atoms with Gasteiger partial charge in [-0.2, -0.15) is 13.2 Å². The van der Waals surface area contributed by atoms with Crippen LogP contribution in [0.1, 0.15) is 34.8 Å². The van der Waals surface area contributed by atoms with Crippen molar-refractivity contribution in [2.24, 2.45) is 5.92 Å². The molecule has 0 spiro atoms. The molecule has 2 N–H and O–H groups in total. The number of hydrogen-bond donors (Lipinski definition) is 2. The Kier molecular flexibility index (Phi) is 4.74. The average Bonchev–Trinajstić information content (AvgIpc) is 2.73. The molecule has 0 aliphatic carbocycles. The van der Waals surface area contributed by atoms with Gasteiger partial charge in [0.25, 0.3) is 5.91 Å². The highest BCUT2D eigenvalue weighted by Crippen LogP contribution is 2.19. The van der Waals surface area contributed by atoms with E-state index in [1.807, 2.05) is 0 Å². The van der Waals surface area contributed by atoms with Gasteiger partial charge in [0.1, 0.15) is 6.54 Å². The van der Waals surface area contributed by atoms with Crippen molar-refractivity contribution in [3.63, 3.8) is 0 Å². The van der Waals surface area contributed by atoms with Crippen LogP contribution in [-0.4, -0.2) is 51.1 Å². The highest BCUT2D eigenvalue weighted by molar-refractivity contribution is 6.02. The number of aromatic carboxylic acids is 1. The standard InChI is InChI=1S/C11H14F3N3O3/c1-6(2)3-17(4-11(12,13)14)9(18)7-8(10(19)20)16-5-15-7/h5-6H,3-4H2,1-2H3,(H,15,16)(H,19,20). The molecule has 0 aliphatic heterocycles. The second-order valence-electron chi connectivity index (χ2n) is 4.63. The van der Waals surface area contributed by atoms with Gasteiger partial charge in [-0.05, 0) is 5.92 Å². The maximum atomic E-state index is 12.5. The fourth-order valence-corrected chi connectivity index (χ4v) is 1.65. The van der Waals surface area contributed by atoms with E-state index in [2.05, 4.69) is 9.97 Å². The number of alkyl halides is 3. The molecule has 0 fully saturated rings. The van der Waals surface area contributed by atoms with Crippen molar-refractivity contribution >= 4 is 11.9 Å². The number of hydrogen-bond acceptors (Lipinski definition) is 3. The number of nitrogens with zero attached hydrogens (tertiary/aromatic N) is 2. The first-order chi connectivity index (χ1) is 9.11. The normalized spacial score (nSPS) is 11.7. The Morgan fingerprint density at radius 3 is 2.50 bits per heavy atom. The number of aromatic nitrogens is 2. The predicted octanol–water partition coefficient (Wildman–Crippen LogP) is 1.77. The molecule has 1 aromatic heterocycles. The summed E-state index contributed by atoms with van der Waals surface area (Å²) in [4.78, 5) is 29.1. The molecule has 1 aromatic rings. The van der Waals surface area contributed by atoms with Crippen molar-refractivity contribution in [2.75, 3.05) is 13.1 Å². The van der Waals surface area contributed by atoms with E-state index in [9.17, 15) is 22.8 Å². The maximum absolute atomic E-state index is 12.5. The molecule has 0 aliphatic rings. The van der Waals surface area contributed by atoms with E-state index < -0.39 is 36.0 Å². The number of carboxylic acid groups (broad SMARTS) is 1. The predicted molar refractivity (Wildman–Crippen MR) is 62.3 cm³/mol. The van der Waals surface area contributed by atoms with Crippen LogP contribution in [0.2, 0.25) is 0 Å². The van der Waals surface area contributed by atoms with Crippen LogP contribution in [0.4, 0.5) is 13.2 Å². The van der Waals surface area contributed by atoms with E-state index in [0.717, 1.165) is 6.33 Å². The third-order valence-electron chi connectivity index (χ3n) is 2.30. The van der Waals surface area contributed by atoms with Crippen molar-refractivity contribution in [3.8, 4) is 0 Å². The molecule has 6 nitrogen and oxygen atoms in total. The van der Waals surface area contributed by atoms with Crippen LogP contribution in [0.3, 0.4) is 0 Å². The molecule has 0 bridgehead atoms. The first-order valence-corrected chi connectivity index (χ1v) is 5.74. The third-order valence-corrected chi connectivity index (χ3v) is 2.30. The first-order valence-electron chi connectivity index (χ1n) is 5.74. The summed E-state index contributed by atoms with van der Waals surface area (Å²) in [6, 6.07) is 0. The fraction of sp³-hybridized carbons (Fsp3) is 0.545. The summed E-state index contributed by atoms with van der Waals surface area (Å²) in [5.41, 5.74) is -1.05. The van der Waals surface area contributed by atoms with E-state index >= 15 is 0 Å². The molecular weight excluding hydrogens is 279 g/mol. The van der Waals surface area contributed by atoms with Crippen LogP contribution in [0.15, 0.2) is 6.33 Å². The molecule has 1 amide bonds. The lowest BCUT2D eigenvalue weighted by Gasteiger charge is -2.25. The molecule has 0 saturated carbocycles. The molecule has 20 heavy (non-hydrogen) atoms. The van der Waals surface area contributed by atoms with E-state index in [1.165, 1.54) is 0 Å². The van der Waals surface area contributed by atoms with Gasteiger partial charge in [0.2, 0.25) is 0 Å². The van der Waals surface area contributed by atoms with Crippen LogP contribution in [0.25, 0.3) is 0 Å². The van der Waals surface area contributed by atoms with Crippen molar-refractivity contribution in [2.45, 2.75) is 20.0 Å². The number of carbonyl (C=O) groups excluding carboxylic acids is 1. The monoisotopic (exact) mass is 293 g/mol. The van der Waals surface area contributed by atoms with Crippen molar-refractivity contribution in [1.82, 2.24) is 14.9 Å². The van der Waals surface area contributed by atoms with Gasteiger partial charge in [-0.1, -0.05) is 13.8 Å². The van der Waals surface area contributed by atoms with Gasteiger partial charge in [-0.3, -0.25) is 4.79 Å². The lowest BCUT2D eigenvalue weighted by molar-refractivity contribution is -0.141. The minimum Gasteiger partial charge on any atom is -0.477 e. The van der Waals surface area contributed by atoms with E-state index in [0.29, 0.717) is 4.90 Å². The highest BCUT2D eigenvalue weighted by Gasteiger charge is 2.35. The summed E-state index contributed by atoms with van der Waals surface area (Å²) in [5.74, 6) is -2.72. The SMILES string of the molecule is CC(C)CN(CC(F)(F)F)C(=O)c1nc[nH]c1C(=O)O. The van der Waals surface area contributed by atoms with E-state index in [4.69, 9.17) is 5.11 Å². The number of carboxylic acids is 1. The lowest BCUT2D eigenvalue weighted by Crippen LogP contribution is -2.41. The van der Waals surface area contributed by atoms with Gasteiger partial charge >= 0.3 is 12.1 Å². The summed E-state index contributed by atoms with van der Waals surface area (Å²) < 4.78 is 37.4. The molecule has 112 valence electrons. The van der Waals surface area contributed by atoms with Gasteiger partial charge in [0, 0.05) is 6.54 Å². The zero-order valence-electron chi connectivity index (χ0n) is 10.9. The molecule has 9 heteroatoms. The number of amides is 1. The smallest absolute Gasteiger partial charge is 0.406 e. The Labute approximate surface area is 112 Å². The summed E-state index contributed by atoms with van der Waals surface area (Å²) in [6.07, 6.45) is -3.61. The van der Waals surface area contributed by atoms with Crippen LogP contribution in [0.5, 0.6) is 0 Å². The highest BCUT2D eigenvalue weighted by atomic mass is 19.4. The number of rotatable bonds is 5. The largest absolute Gasteiger partial charge is 0.477 e. The average molecular weight is 293 g/mol. The van der Waals surface area contributed by atoms with Crippen molar-refractivity contribution < 1.29 is 27.9 Å². The van der Waals surface area contributed by atoms with Gasteiger partial charge < -0.3 is 15.0 Å². The molecule has 1 rings (SSSR count). The topological polar surface area (TPSA) is 86.3 Å². The quantitative estimate of drug-likeness (QED) is 0.866. The van der Waals surface area contributed by atoms with Crippen molar-refractivity contribution in [3.05, 3.63) is 17.7 Å². The van der Waals surface area contributed by atoms with Gasteiger partial charge in [-0.25, -0.2) is 9.78 Å². The number of halogens is 3. The Morgan fingerprint density at radius 1 is 1.45 bits per heavy atom. The summed E-state index contributed by atoms with van der Waals surface area (Å²) in [7, 11) is 0. The summed E-state index contributed by atoms with van der Waals surface area (Å²) >= 11 is 0. The Bertz CT molecular complexity index is 497. The van der Waals surface area contributed by atoms with Gasteiger partial charge in [-0.15, -0.1) is 0 Å². The molecule has 0 aromatic carbocycles. The van der Waals surface area contributed by atoms with Crippen molar-refractivity contribution in [1.29, 1.82) is 0 Å². The Morgan fingerprint density at radius 2 is 2.05 bits per heavy atom. The summed E-state index contributed by atoms with van der Waals surface area (Å²) in [6.45, 7) is 1.71. The summed E-state index contributed by atoms with van der Waals surface area (Å²) in [5, 5.41) is 8.84. The second kappa shape index (κ2) is 5.93. The van der Waals surface area contributed by atoms with E-state index in [1.54, 1.807) is 13.8 Å². The van der Waals surface area contributed by atoms with Crippen LogP contribution in [0, 0.1) is 5.92 Å². The molecule has 1 heterocycles. The number of aromatic amines is 1. The first kappa shape index (κ1) is 16.0. The maximum Gasteiger partial charge on any atom is 0.406 e. The van der Waals surface area contributed by atoms with Gasteiger partial charge in [0.15, 0.2) is 11.4 Å². The Balaban J connectivity index is 3.03. The lowest BCUT2D eigenvalue weighted by atomic mass is 10.2. The van der Waals surface area contributed by atoms with Crippen LogP contribution < -0.4 is 0 Å². The second-order valence-corrected chi connectivity index (χ2v) is 4.63. The Hall–Kier alpha value is -2.06. The molecule has 0 saturated heterocycles. The van der Waals surface area contributed by atoms with E-state index in [-0.39, 0.29) is 12.5 Å². The zero-order valence-corrected chi connectivity index (χ0v) is 10.9. The fourth-order valence-electron chi connectivity index (χ4n) is 1.65. The minimum atomic E-state index is -4.57. The molecule has 0 unspecified atom stereocenters. The van der Waals surface area contributed by atoms with Crippen LogP contribution >= 0.6 is 0 Å². The molecular formula is C11H14F3N3O3. The zero-order chi connectivity index (χ0) is 15.5. The number of nitrogens with one attached hydrogen (secondary N) is 1. The number of H-pyrrole nitrogens is 1. The molecule has 0 radical (unpaired) electrons. The minimum absolute atomic E-state index is 0.149. The third kappa shape index (κ3) is 4.25. The number of imidazole rings is 1.